The number of rotatable bonds is 4. The summed E-state index contributed by atoms with van der Waals surface area (Å²) in [6.07, 6.45) is 0. The summed E-state index contributed by atoms with van der Waals surface area (Å²) >= 11 is 0. The number of benzene rings is 1. The second kappa shape index (κ2) is 4.91. The minimum Gasteiger partial charge on any atom is -0.302 e. The van der Waals surface area contributed by atoms with Crippen molar-refractivity contribution in [2.75, 3.05) is 0 Å². The topological polar surface area (TPSA) is 29.1 Å². The highest BCUT2D eigenvalue weighted by Gasteiger charge is 2.16. The molecule has 2 heteroatoms. The molecule has 76 valence electrons. The van der Waals surface area contributed by atoms with E-state index in [0.717, 1.165) is 5.56 Å². The van der Waals surface area contributed by atoms with E-state index in [2.05, 4.69) is 5.32 Å². The third-order valence-electron chi connectivity index (χ3n) is 2.04. The smallest absolute Gasteiger partial charge is 0.151 e. The van der Waals surface area contributed by atoms with Crippen LogP contribution in [0, 0.1) is 0 Å². The van der Waals surface area contributed by atoms with Gasteiger partial charge in [0.2, 0.25) is 0 Å². The maximum Gasteiger partial charge on any atom is 0.151 e. The van der Waals surface area contributed by atoms with Crippen LogP contribution >= 0.6 is 0 Å². The number of carbonyl (C=O) groups is 1. The SMILES string of the molecule is CC(=O)[C@@H](NC(C)C)c1ccccc1. The van der Waals surface area contributed by atoms with Gasteiger partial charge in [-0.2, -0.15) is 0 Å². The van der Waals surface area contributed by atoms with E-state index < -0.39 is 0 Å². The summed E-state index contributed by atoms with van der Waals surface area (Å²) in [5.74, 6) is 0.157. The van der Waals surface area contributed by atoms with Crippen LogP contribution < -0.4 is 5.32 Å². The van der Waals surface area contributed by atoms with Gasteiger partial charge >= 0.3 is 0 Å². The zero-order chi connectivity index (χ0) is 10.6. The molecular weight excluding hydrogens is 174 g/mol. The van der Waals surface area contributed by atoms with E-state index in [4.69, 9.17) is 0 Å². The highest BCUT2D eigenvalue weighted by Crippen LogP contribution is 2.13. The summed E-state index contributed by atoms with van der Waals surface area (Å²) in [6.45, 7) is 5.70. The Morgan fingerprint density at radius 2 is 1.79 bits per heavy atom. The Kier molecular flexibility index (Phi) is 3.84. The van der Waals surface area contributed by atoms with Gasteiger partial charge in [0.1, 0.15) is 0 Å². The Labute approximate surface area is 85.3 Å². The first-order chi connectivity index (χ1) is 6.61. The van der Waals surface area contributed by atoms with Gasteiger partial charge in [-0.1, -0.05) is 30.3 Å². The van der Waals surface area contributed by atoms with E-state index in [9.17, 15) is 4.79 Å². The lowest BCUT2D eigenvalue weighted by atomic mass is 10.0. The van der Waals surface area contributed by atoms with Crippen LogP contribution in [0.25, 0.3) is 0 Å². The average molecular weight is 191 g/mol. The lowest BCUT2D eigenvalue weighted by Gasteiger charge is -2.18. The standard InChI is InChI=1S/C12H17NO/c1-9(2)13-12(10(3)14)11-7-5-4-6-8-11/h4-9,12-13H,1-3H3/t12-/m1/s1. The first-order valence-electron chi connectivity index (χ1n) is 4.92. The van der Waals surface area contributed by atoms with Crippen LogP contribution in [-0.4, -0.2) is 11.8 Å². The molecule has 2 nitrogen and oxygen atoms in total. The molecule has 0 amide bonds. The summed E-state index contributed by atoms with van der Waals surface area (Å²) in [4.78, 5) is 11.4. The summed E-state index contributed by atoms with van der Waals surface area (Å²) in [5, 5.41) is 3.25. The van der Waals surface area contributed by atoms with Crippen LogP contribution in [0.2, 0.25) is 0 Å². The number of nitrogens with one attached hydrogen (secondary N) is 1. The van der Waals surface area contributed by atoms with Gasteiger partial charge in [0, 0.05) is 6.04 Å². The van der Waals surface area contributed by atoms with Crippen molar-refractivity contribution >= 4 is 5.78 Å². The molecule has 0 heterocycles. The Morgan fingerprint density at radius 1 is 1.21 bits per heavy atom. The van der Waals surface area contributed by atoms with Gasteiger partial charge in [0.15, 0.2) is 5.78 Å². The predicted molar refractivity (Wildman–Crippen MR) is 58.1 cm³/mol. The van der Waals surface area contributed by atoms with Crippen molar-refractivity contribution in [2.45, 2.75) is 32.9 Å². The summed E-state index contributed by atoms with van der Waals surface area (Å²) in [5.41, 5.74) is 1.04. The van der Waals surface area contributed by atoms with Crippen LogP contribution in [0.3, 0.4) is 0 Å². The lowest BCUT2D eigenvalue weighted by molar-refractivity contribution is -0.119. The zero-order valence-corrected chi connectivity index (χ0v) is 8.95. The minimum absolute atomic E-state index is 0.157. The molecule has 1 aromatic rings. The molecule has 0 saturated heterocycles. The largest absolute Gasteiger partial charge is 0.302 e. The lowest BCUT2D eigenvalue weighted by Crippen LogP contribution is -2.32. The molecule has 0 saturated carbocycles. The first kappa shape index (κ1) is 10.9. The van der Waals surface area contributed by atoms with E-state index in [1.165, 1.54) is 0 Å². The van der Waals surface area contributed by atoms with Crippen molar-refractivity contribution in [3.63, 3.8) is 0 Å². The summed E-state index contributed by atoms with van der Waals surface area (Å²) in [7, 11) is 0. The highest BCUT2D eigenvalue weighted by molar-refractivity contribution is 5.82. The number of carbonyl (C=O) groups excluding carboxylic acids is 1. The molecular formula is C12H17NO. The maximum atomic E-state index is 11.4. The van der Waals surface area contributed by atoms with E-state index in [-0.39, 0.29) is 11.8 Å². The van der Waals surface area contributed by atoms with Gasteiger partial charge in [0.25, 0.3) is 0 Å². The van der Waals surface area contributed by atoms with Crippen molar-refractivity contribution in [2.24, 2.45) is 0 Å². The van der Waals surface area contributed by atoms with Crippen LogP contribution in [-0.2, 0) is 4.79 Å². The van der Waals surface area contributed by atoms with Crippen LogP contribution in [0.5, 0.6) is 0 Å². The quantitative estimate of drug-likeness (QED) is 0.791. The van der Waals surface area contributed by atoms with Crippen LogP contribution in [0.4, 0.5) is 0 Å². The number of ketones is 1. The molecule has 0 aliphatic heterocycles. The molecule has 1 N–H and O–H groups in total. The number of Topliss-reactive ketones (excluding diaryl/α,β-unsaturated/α-hetero) is 1. The van der Waals surface area contributed by atoms with Gasteiger partial charge < -0.3 is 5.32 Å². The van der Waals surface area contributed by atoms with E-state index in [0.29, 0.717) is 6.04 Å². The van der Waals surface area contributed by atoms with E-state index >= 15 is 0 Å². The van der Waals surface area contributed by atoms with Crippen molar-refractivity contribution in [1.82, 2.24) is 5.32 Å². The molecule has 1 aromatic carbocycles. The molecule has 1 atom stereocenters. The maximum absolute atomic E-state index is 11.4. The van der Waals surface area contributed by atoms with Gasteiger partial charge in [-0.15, -0.1) is 0 Å². The van der Waals surface area contributed by atoms with Crippen molar-refractivity contribution < 1.29 is 4.79 Å². The van der Waals surface area contributed by atoms with Gasteiger partial charge in [0.05, 0.1) is 6.04 Å². The Balaban J connectivity index is 2.84. The number of hydrogen-bond acceptors (Lipinski definition) is 2. The van der Waals surface area contributed by atoms with Crippen LogP contribution in [0.15, 0.2) is 30.3 Å². The third-order valence-corrected chi connectivity index (χ3v) is 2.04. The highest BCUT2D eigenvalue weighted by atomic mass is 16.1. The van der Waals surface area contributed by atoms with Gasteiger partial charge in [-0.05, 0) is 26.3 Å². The molecule has 0 aliphatic rings. The molecule has 0 aromatic heterocycles. The molecule has 0 spiro atoms. The monoisotopic (exact) mass is 191 g/mol. The molecule has 0 aliphatic carbocycles. The fraction of sp³-hybridized carbons (Fsp3) is 0.417. The molecule has 0 radical (unpaired) electrons. The van der Waals surface area contributed by atoms with Gasteiger partial charge in [-0.25, -0.2) is 0 Å². The van der Waals surface area contributed by atoms with Crippen LogP contribution in [0.1, 0.15) is 32.4 Å². The van der Waals surface area contributed by atoms with Crippen molar-refractivity contribution in [1.29, 1.82) is 0 Å². The second-order valence-corrected chi connectivity index (χ2v) is 3.78. The second-order valence-electron chi connectivity index (χ2n) is 3.78. The fourth-order valence-electron chi connectivity index (χ4n) is 1.43. The minimum atomic E-state index is -0.170. The predicted octanol–water partition coefficient (Wildman–Crippen LogP) is 2.31. The van der Waals surface area contributed by atoms with Gasteiger partial charge in [-0.3, -0.25) is 4.79 Å². The van der Waals surface area contributed by atoms with E-state index in [1.54, 1.807) is 6.92 Å². The average Bonchev–Trinajstić information content (AvgIpc) is 2.15. The van der Waals surface area contributed by atoms with Crippen molar-refractivity contribution in [3.05, 3.63) is 35.9 Å². The molecule has 1 rings (SSSR count). The summed E-state index contributed by atoms with van der Waals surface area (Å²) < 4.78 is 0. The number of hydrogen-bond donors (Lipinski definition) is 1. The Morgan fingerprint density at radius 3 is 2.21 bits per heavy atom. The molecule has 0 fully saturated rings. The molecule has 0 bridgehead atoms. The fourth-order valence-corrected chi connectivity index (χ4v) is 1.43. The Bertz CT molecular complexity index is 292. The molecule has 0 unspecified atom stereocenters. The van der Waals surface area contributed by atoms with Crippen molar-refractivity contribution in [3.8, 4) is 0 Å². The Hall–Kier alpha value is -1.15. The molecule has 14 heavy (non-hydrogen) atoms. The first-order valence-corrected chi connectivity index (χ1v) is 4.92. The third kappa shape index (κ3) is 2.96. The normalized spacial score (nSPS) is 12.9. The summed E-state index contributed by atoms with van der Waals surface area (Å²) in [6, 6.07) is 9.94. The zero-order valence-electron chi connectivity index (χ0n) is 8.95. The van der Waals surface area contributed by atoms with E-state index in [1.807, 2.05) is 44.2 Å².